The van der Waals surface area contributed by atoms with Crippen molar-refractivity contribution in [2.45, 2.75) is 13.1 Å². The van der Waals surface area contributed by atoms with E-state index in [1.165, 1.54) is 11.3 Å². The summed E-state index contributed by atoms with van der Waals surface area (Å²) in [5.74, 6) is -0.712. The molecule has 0 saturated heterocycles. The van der Waals surface area contributed by atoms with E-state index in [1.54, 1.807) is 24.3 Å². The number of rotatable bonds is 14. The van der Waals surface area contributed by atoms with Crippen LogP contribution in [0.1, 0.15) is 31.8 Å². The van der Waals surface area contributed by atoms with Crippen molar-refractivity contribution in [2.75, 3.05) is 40.4 Å². The summed E-state index contributed by atoms with van der Waals surface area (Å²) in [7, 11) is 4.43. The molecule has 0 N–H and O–H groups in total. The van der Waals surface area contributed by atoms with Crippen LogP contribution in [-0.4, -0.2) is 52.3 Å². The smallest absolute Gasteiger partial charge is 0.338 e. The Hall–Kier alpha value is -5.04. The number of esters is 2. The summed E-state index contributed by atoms with van der Waals surface area (Å²) in [6, 6.07) is 47.5. The third-order valence-corrected chi connectivity index (χ3v) is 8.37. The van der Waals surface area contributed by atoms with Crippen molar-refractivity contribution < 1.29 is 19.1 Å². The number of quaternary nitrogens is 2. The van der Waals surface area contributed by atoms with Crippen molar-refractivity contribution in [3.05, 3.63) is 168 Å². The molecular weight excluding hydrogens is 572 g/mol. The average Bonchev–Trinajstić information content (AvgIpc) is 3.10. The standard InChI is InChI=1S/C40H42N2O4/c1-41(2,37-19-11-5-12-20-37)31-33-23-25-34(26-24-33)32-42(38-21-13-6-14-22-38,27-29-45-39(43)35-15-7-3-8-16-35)28-30-46-40(44)36-17-9-4-10-18-36/h3-26H,27-32H2,1-2H3/q+2. The Morgan fingerprint density at radius 2 is 0.848 bits per heavy atom. The number of hydrogen-bond donors (Lipinski definition) is 0. The van der Waals surface area contributed by atoms with E-state index < -0.39 is 0 Å². The first-order chi connectivity index (χ1) is 22.3. The number of para-hydroxylation sites is 2. The molecule has 0 aliphatic carbocycles. The molecule has 0 aromatic heterocycles. The number of carbonyl (C=O) groups excluding carboxylic acids is 2. The monoisotopic (exact) mass is 614 g/mol. The van der Waals surface area contributed by atoms with Crippen LogP contribution in [0.3, 0.4) is 0 Å². The fraction of sp³-hybridized carbons (Fsp3) is 0.200. The first-order valence-corrected chi connectivity index (χ1v) is 15.7. The molecule has 0 amide bonds. The van der Waals surface area contributed by atoms with Crippen LogP contribution < -0.4 is 8.97 Å². The van der Waals surface area contributed by atoms with Gasteiger partial charge in [-0.05, 0) is 48.5 Å². The van der Waals surface area contributed by atoms with Crippen LogP contribution in [-0.2, 0) is 22.6 Å². The maximum atomic E-state index is 12.8. The van der Waals surface area contributed by atoms with Crippen LogP contribution in [0.2, 0.25) is 0 Å². The van der Waals surface area contributed by atoms with Gasteiger partial charge in [0.15, 0.2) is 0 Å². The van der Waals surface area contributed by atoms with Gasteiger partial charge in [-0.15, -0.1) is 0 Å². The van der Waals surface area contributed by atoms with Gasteiger partial charge in [-0.3, -0.25) is 8.97 Å². The second-order valence-corrected chi connectivity index (χ2v) is 12.1. The van der Waals surface area contributed by atoms with Crippen LogP contribution in [0.25, 0.3) is 0 Å². The van der Waals surface area contributed by atoms with Crippen molar-refractivity contribution in [1.82, 2.24) is 8.97 Å². The first-order valence-electron chi connectivity index (χ1n) is 15.7. The summed E-state index contributed by atoms with van der Waals surface area (Å²) in [5.41, 5.74) is 5.72. The Morgan fingerprint density at radius 3 is 1.28 bits per heavy atom. The molecule has 5 aromatic rings. The van der Waals surface area contributed by atoms with Gasteiger partial charge < -0.3 is 9.47 Å². The lowest BCUT2D eigenvalue weighted by atomic mass is 10.1. The largest absolute Gasteiger partial charge is 0.456 e. The van der Waals surface area contributed by atoms with E-state index in [-0.39, 0.29) is 25.2 Å². The highest BCUT2D eigenvalue weighted by atomic mass is 16.5. The Balaban J connectivity index is 1.37. The Kier molecular flexibility index (Phi) is 10.8. The zero-order valence-corrected chi connectivity index (χ0v) is 26.6. The van der Waals surface area contributed by atoms with Gasteiger partial charge in [-0.2, -0.15) is 0 Å². The van der Waals surface area contributed by atoms with E-state index in [0.29, 0.717) is 35.2 Å². The second kappa shape index (κ2) is 15.3. The van der Waals surface area contributed by atoms with Gasteiger partial charge in [0.05, 0.1) is 25.2 Å². The van der Waals surface area contributed by atoms with Crippen LogP contribution in [0.15, 0.2) is 146 Å². The molecule has 5 rings (SSSR count). The number of carbonyl (C=O) groups is 2. The Labute approximate surface area is 272 Å². The molecule has 0 saturated carbocycles. The fourth-order valence-corrected chi connectivity index (χ4v) is 5.78. The number of hydrogen-bond acceptors (Lipinski definition) is 4. The molecule has 5 aromatic carbocycles. The predicted octanol–water partition coefficient (Wildman–Crippen LogP) is 7.68. The third kappa shape index (κ3) is 8.57. The first kappa shape index (κ1) is 32.4. The summed E-state index contributed by atoms with van der Waals surface area (Å²) < 4.78 is 12.8. The lowest BCUT2D eigenvalue weighted by molar-refractivity contribution is 0.0396. The number of nitrogens with zero attached hydrogens (tertiary/aromatic N) is 2. The maximum absolute atomic E-state index is 12.8. The Morgan fingerprint density at radius 1 is 0.478 bits per heavy atom. The third-order valence-electron chi connectivity index (χ3n) is 8.37. The van der Waals surface area contributed by atoms with Crippen molar-refractivity contribution in [3.8, 4) is 0 Å². The lowest BCUT2D eigenvalue weighted by Crippen LogP contribution is -2.53. The summed E-state index contributed by atoms with van der Waals surface area (Å²) in [6.45, 7) is 2.91. The van der Waals surface area contributed by atoms with Gasteiger partial charge in [0.1, 0.15) is 50.8 Å². The summed E-state index contributed by atoms with van der Waals surface area (Å²) >= 11 is 0. The van der Waals surface area contributed by atoms with Crippen LogP contribution in [0.4, 0.5) is 11.4 Å². The minimum Gasteiger partial charge on any atom is -0.456 e. The molecule has 0 fully saturated rings. The van der Waals surface area contributed by atoms with E-state index in [4.69, 9.17) is 9.47 Å². The molecule has 6 heteroatoms. The molecule has 234 valence electrons. The van der Waals surface area contributed by atoms with E-state index in [1.807, 2.05) is 60.7 Å². The number of ether oxygens (including phenoxy) is 2. The predicted molar refractivity (Wildman–Crippen MR) is 185 cm³/mol. The highest BCUT2D eigenvalue weighted by Gasteiger charge is 2.32. The summed E-state index contributed by atoms with van der Waals surface area (Å²) in [6.07, 6.45) is 0. The van der Waals surface area contributed by atoms with E-state index in [0.717, 1.165) is 22.3 Å². The molecule has 6 nitrogen and oxygen atoms in total. The van der Waals surface area contributed by atoms with Crippen LogP contribution in [0.5, 0.6) is 0 Å². The molecule has 0 bridgehead atoms. The SMILES string of the molecule is C[N+](C)(Cc1ccc(C[N+](CCOC(=O)c2ccccc2)(CCOC(=O)c2ccccc2)c2ccccc2)cc1)c1ccccc1. The summed E-state index contributed by atoms with van der Waals surface area (Å²) in [4.78, 5) is 25.7. The van der Waals surface area contributed by atoms with Gasteiger partial charge in [-0.25, -0.2) is 9.59 Å². The highest BCUT2D eigenvalue weighted by molar-refractivity contribution is 5.89. The zero-order valence-electron chi connectivity index (χ0n) is 26.6. The number of benzene rings is 5. The normalized spacial score (nSPS) is 11.5. The van der Waals surface area contributed by atoms with Crippen LogP contribution >= 0.6 is 0 Å². The van der Waals surface area contributed by atoms with E-state index in [2.05, 4.69) is 74.8 Å². The van der Waals surface area contributed by atoms with E-state index in [9.17, 15) is 9.59 Å². The van der Waals surface area contributed by atoms with Gasteiger partial charge >= 0.3 is 11.9 Å². The molecule has 0 atom stereocenters. The average molecular weight is 615 g/mol. The molecular formula is C40H42N2O4+2. The van der Waals surface area contributed by atoms with Crippen molar-refractivity contribution in [1.29, 1.82) is 0 Å². The van der Waals surface area contributed by atoms with Crippen molar-refractivity contribution in [2.24, 2.45) is 0 Å². The molecule has 0 radical (unpaired) electrons. The molecule has 0 spiro atoms. The van der Waals surface area contributed by atoms with Crippen molar-refractivity contribution >= 4 is 23.3 Å². The molecule has 46 heavy (non-hydrogen) atoms. The van der Waals surface area contributed by atoms with Gasteiger partial charge in [0, 0.05) is 11.1 Å². The van der Waals surface area contributed by atoms with E-state index >= 15 is 0 Å². The lowest BCUT2D eigenvalue weighted by Gasteiger charge is -2.38. The maximum Gasteiger partial charge on any atom is 0.338 e. The minimum absolute atomic E-state index is 0.204. The minimum atomic E-state index is -0.356. The molecule has 0 unspecified atom stereocenters. The fourth-order valence-electron chi connectivity index (χ4n) is 5.78. The zero-order chi connectivity index (χ0) is 32.2. The highest BCUT2D eigenvalue weighted by Crippen LogP contribution is 2.28. The quantitative estimate of drug-likeness (QED) is 0.0952. The molecule has 0 aliphatic heterocycles. The van der Waals surface area contributed by atoms with Gasteiger partial charge in [0.25, 0.3) is 0 Å². The topological polar surface area (TPSA) is 52.6 Å². The van der Waals surface area contributed by atoms with Crippen LogP contribution in [0, 0.1) is 0 Å². The van der Waals surface area contributed by atoms with Gasteiger partial charge in [0.2, 0.25) is 0 Å². The Bertz CT molecular complexity index is 1620. The second-order valence-electron chi connectivity index (χ2n) is 12.1. The summed E-state index contributed by atoms with van der Waals surface area (Å²) in [5, 5.41) is 0. The van der Waals surface area contributed by atoms with Gasteiger partial charge in [-0.1, -0.05) is 97.1 Å². The van der Waals surface area contributed by atoms with Crippen molar-refractivity contribution in [3.63, 3.8) is 0 Å². The molecule has 0 aliphatic rings. The molecule has 0 heterocycles.